The van der Waals surface area contributed by atoms with E-state index in [0.717, 1.165) is 51.6 Å². The average molecular weight is 320 g/mol. The van der Waals surface area contributed by atoms with E-state index in [0.29, 0.717) is 11.1 Å². The second kappa shape index (κ2) is 9.98. The molecule has 0 aliphatic carbocycles. The monoisotopic (exact) mass is 320 g/mol. The van der Waals surface area contributed by atoms with Gasteiger partial charge >= 0.3 is 0 Å². The zero-order chi connectivity index (χ0) is 17.2. The quantitative estimate of drug-likeness (QED) is 0.356. The van der Waals surface area contributed by atoms with E-state index in [9.17, 15) is 14.9 Å². The van der Waals surface area contributed by atoms with Crippen LogP contribution in [0.15, 0.2) is 18.2 Å². The molecule has 0 aliphatic rings. The second-order valence-electron chi connectivity index (χ2n) is 5.96. The van der Waals surface area contributed by atoms with Crippen LogP contribution in [0, 0.1) is 17.0 Å². The summed E-state index contributed by atoms with van der Waals surface area (Å²) in [5.74, 6) is -0.0183. The van der Waals surface area contributed by atoms with Crippen LogP contribution in [0.25, 0.3) is 0 Å². The maximum absolute atomic E-state index is 12.7. The van der Waals surface area contributed by atoms with Gasteiger partial charge in [0.25, 0.3) is 11.6 Å². The lowest BCUT2D eigenvalue weighted by Gasteiger charge is -2.23. The number of carbonyl (C=O) groups excluding carboxylic acids is 1. The Hall–Kier alpha value is -1.91. The lowest BCUT2D eigenvalue weighted by molar-refractivity contribution is -0.385. The summed E-state index contributed by atoms with van der Waals surface area (Å²) in [7, 11) is 0. The number of nitro benzene ring substituents is 1. The number of benzene rings is 1. The van der Waals surface area contributed by atoms with Crippen molar-refractivity contribution in [3.8, 4) is 0 Å². The molecule has 0 saturated carbocycles. The molecule has 0 aliphatic heterocycles. The Labute approximate surface area is 138 Å². The van der Waals surface area contributed by atoms with Crippen molar-refractivity contribution in [2.45, 2.75) is 59.3 Å². The van der Waals surface area contributed by atoms with Crippen LogP contribution in [-0.2, 0) is 0 Å². The van der Waals surface area contributed by atoms with E-state index in [-0.39, 0.29) is 11.6 Å². The predicted octanol–water partition coefficient (Wildman–Crippen LogP) is 4.73. The van der Waals surface area contributed by atoms with Crippen LogP contribution in [0.3, 0.4) is 0 Å². The van der Waals surface area contributed by atoms with E-state index in [2.05, 4.69) is 13.8 Å². The summed E-state index contributed by atoms with van der Waals surface area (Å²) in [5, 5.41) is 10.9. The van der Waals surface area contributed by atoms with Gasteiger partial charge in [0, 0.05) is 30.3 Å². The maximum Gasteiger partial charge on any atom is 0.272 e. The molecule has 1 aromatic carbocycles. The Bertz CT molecular complexity index is 519. The zero-order valence-corrected chi connectivity index (χ0v) is 14.5. The van der Waals surface area contributed by atoms with E-state index in [1.165, 1.54) is 6.07 Å². The highest BCUT2D eigenvalue weighted by Crippen LogP contribution is 2.20. The van der Waals surface area contributed by atoms with E-state index < -0.39 is 4.92 Å². The van der Waals surface area contributed by atoms with Crippen LogP contribution >= 0.6 is 0 Å². The first-order valence-corrected chi connectivity index (χ1v) is 8.55. The predicted molar refractivity (Wildman–Crippen MR) is 92.8 cm³/mol. The molecule has 1 amide bonds. The molecule has 0 bridgehead atoms. The smallest absolute Gasteiger partial charge is 0.272 e. The van der Waals surface area contributed by atoms with Crippen molar-refractivity contribution in [2.24, 2.45) is 0 Å². The van der Waals surface area contributed by atoms with Crippen LogP contribution in [0.2, 0.25) is 0 Å². The molecule has 23 heavy (non-hydrogen) atoms. The molecule has 0 aromatic heterocycles. The highest BCUT2D eigenvalue weighted by Gasteiger charge is 2.18. The molecule has 0 heterocycles. The zero-order valence-electron chi connectivity index (χ0n) is 14.5. The van der Waals surface area contributed by atoms with Gasteiger partial charge in [-0.05, 0) is 31.9 Å². The number of rotatable bonds is 10. The Morgan fingerprint density at radius 2 is 1.65 bits per heavy atom. The number of amides is 1. The molecule has 0 N–H and O–H groups in total. The highest BCUT2D eigenvalue weighted by molar-refractivity contribution is 5.94. The van der Waals surface area contributed by atoms with Gasteiger partial charge in [-0.1, -0.05) is 39.5 Å². The molecule has 0 unspecified atom stereocenters. The first kappa shape index (κ1) is 19.1. The average Bonchev–Trinajstić information content (AvgIpc) is 2.52. The molecule has 5 nitrogen and oxygen atoms in total. The van der Waals surface area contributed by atoms with Crippen molar-refractivity contribution in [2.75, 3.05) is 13.1 Å². The molecule has 0 saturated heterocycles. The van der Waals surface area contributed by atoms with Gasteiger partial charge in [0.05, 0.1) is 4.92 Å². The van der Waals surface area contributed by atoms with E-state index in [1.54, 1.807) is 19.1 Å². The van der Waals surface area contributed by atoms with Gasteiger partial charge in [-0.15, -0.1) is 0 Å². The van der Waals surface area contributed by atoms with Crippen molar-refractivity contribution in [3.05, 3.63) is 39.4 Å². The topological polar surface area (TPSA) is 63.5 Å². The van der Waals surface area contributed by atoms with Gasteiger partial charge in [0.1, 0.15) is 0 Å². The molecular formula is C18H28N2O3. The fourth-order valence-electron chi connectivity index (χ4n) is 2.60. The first-order valence-electron chi connectivity index (χ1n) is 8.55. The molecule has 0 radical (unpaired) electrons. The van der Waals surface area contributed by atoms with Crippen molar-refractivity contribution < 1.29 is 9.72 Å². The van der Waals surface area contributed by atoms with E-state index in [4.69, 9.17) is 0 Å². The minimum atomic E-state index is -0.413. The third-order valence-electron chi connectivity index (χ3n) is 3.99. The highest BCUT2D eigenvalue weighted by atomic mass is 16.6. The first-order chi connectivity index (χ1) is 11.0. The number of aryl methyl sites for hydroxylation is 1. The summed E-state index contributed by atoms with van der Waals surface area (Å²) in [4.78, 5) is 25.1. The lowest BCUT2D eigenvalue weighted by atomic mass is 10.1. The second-order valence-corrected chi connectivity index (χ2v) is 5.96. The number of nitro groups is 1. The number of carbonyl (C=O) groups is 1. The van der Waals surface area contributed by atoms with Crippen molar-refractivity contribution in [3.63, 3.8) is 0 Å². The van der Waals surface area contributed by atoms with Crippen LogP contribution < -0.4 is 0 Å². The minimum Gasteiger partial charge on any atom is -0.339 e. The Kier molecular flexibility index (Phi) is 8.30. The largest absolute Gasteiger partial charge is 0.339 e. The summed E-state index contributed by atoms with van der Waals surface area (Å²) in [6.07, 6.45) is 6.45. The third kappa shape index (κ3) is 6.00. The Balaban J connectivity index is 2.84. The minimum absolute atomic E-state index is 0.0183. The summed E-state index contributed by atoms with van der Waals surface area (Å²) in [6, 6.07) is 4.63. The molecule has 5 heteroatoms. The molecule has 0 atom stereocenters. The van der Waals surface area contributed by atoms with Crippen molar-refractivity contribution in [1.29, 1.82) is 0 Å². The Morgan fingerprint density at radius 3 is 2.09 bits per heavy atom. The van der Waals surface area contributed by atoms with Crippen molar-refractivity contribution >= 4 is 11.6 Å². The van der Waals surface area contributed by atoms with Crippen LogP contribution in [0.5, 0.6) is 0 Å². The molecule has 1 rings (SSSR count). The van der Waals surface area contributed by atoms with Gasteiger partial charge in [-0.2, -0.15) is 0 Å². The van der Waals surface area contributed by atoms with Crippen molar-refractivity contribution in [1.82, 2.24) is 4.90 Å². The Morgan fingerprint density at radius 1 is 1.09 bits per heavy atom. The summed E-state index contributed by atoms with van der Waals surface area (Å²) in [6.45, 7) is 7.47. The van der Waals surface area contributed by atoms with Gasteiger partial charge in [-0.25, -0.2) is 0 Å². The van der Waals surface area contributed by atoms with Gasteiger partial charge in [0.2, 0.25) is 0 Å². The molecular weight excluding hydrogens is 292 g/mol. The van der Waals surface area contributed by atoms with Crippen LogP contribution in [0.1, 0.15) is 68.3 Å². The van der Waals surface area contributed by atoms with E-state index in [1.807, 2.05) is 4.90 Å². The summed E-state index contributed by atoms with van der Waals surface area (Å²) < 4.78 is 0. The number of nitrogens with zero attached hydrogens (tertiary/aromatic N) is 2. The maximum atomic E-state index is 12.7. The lowest BCUT2D eigenvalue weighted by Crippen LogP contribution is -2.33. The summed E-state index contributed by atoms with van der Waals surface area (Å²) >= 11 is 0. The number of hydrogen-bond donors (Lipinski definition) is 0. The third-order valence-corrected chi connectivity index (χ3v) is 3.99. The molecule has 0 spiro atoms. The van der Waals surface area contributed by atoms with Gasteiger partial charge in [0.15, 0.2) is 0 Å². The molecule has 128 valence electrons. The number of hydrogen-bond acceptors (Lipinski definition) is 3. The number of unbranched alkanes of at least 4 members (excludes halogenated alkanes) is 4. The van der Waals surface area contributed by atoms with Crippen LogP contribution in [0.4, 0.5) is 5.69 Å². The fourth-order valence-corrected chi connectivity index (χ4v) is 2.60. The standard InChI is InChI=1S/C18H28N2O3/c1-4-6-8-12-19(13-9-7-5-2)18(21)16-10-11-17(20(22)23)15(3)14-16/h10-11,14H,4-9,12-13H2,1-3H3. The summed E-state index contributed by atoms with van der Waals surface area (Å²) in [5.41, 5.74) is 1.13. The van der Waals surface area contributed by atoms with Gasteiger partial charge in [-0.3, -0.25) is 14.9 Å². The molecule has 1 aromatic rings. The van der Waals surface area contributed by atoms with Crippen LogP contribution in [-0.4, -0.2) is 28.8 Å². The normalized spacial score (nSPS) is 10.6. The SMILES string of the molecule is CCCCCN(CCCCC)C(=O)c1ccc([N+](=O)[O-])c(C)c1. The van der Waals surface area contributed by atoms with E-state index >= 15 is 0 Å². The molecule has 0 fully saturated rings. The fraction of sp³-hybridized carbons (Fsp3) is 0.611. The van der Waals surface area contributed by atoms with Gasteiger partial charge < -0.3 is 4.90 Å².